The molecule has 0 atom stereocenters. The second-order valence-electron chi connectivity index (χ2n) is 5.00. The lowest BCUT2D eigenvalue weighted by atomic mass is 10.3. The van der Waals surface area contributed by atoms with Gasteiger partial charge in [0.15, 0.2) is 0 Å². The van der Waals surface area contributed by atoms with Crippen LogP contribution in [0.2, 0.25) is 0 Å². The summed E-state index contributed by atoms with van der Waals surface area (Å²) in [6, 6.07) is 6.87. The van der Waals surface area contributed by atoms with E-state index in [1.54, 1.807) is 30.3 Å². The van der Waals surface area contributed by atoms with Gasteiger partial charge in [-0.05, 0) is 24.3 Å². The minimum Gasteiger partial charge on any atom is -0.492 e. The number of sulfonamides is 1. The highest BCUT2D eigenvalue weighted by atomic mass is 32.2. The van der Waals surface area contributed by atoms with Gasteiger partial charge in [0.1, 0.15) is 12.4 Å². The predicted octanol–water partition coefficient (Wildman–Crippen LogP) is 1.87. The van der Waals surface area contributed by atoms with Gasteiger partial charge in [-0.25, -0.2) is 8.42 Å². The molecule has 118 valence electrons. The minimum absolute atomic E-state index is 0.250. The zero-order chi connectivity index (χ0) is 15.9. The van der Waals surface area contributed by atoms with Crippen LogP contribution in [0.4, 0.5) is 0 Å². The highest BCUT2D eigenvalue weighted by molar-refractivity contribution is 7.89. The molecule has 1 aromatic rings. The third-order valence-electron chi connectivity index (χ3n) is 2.84. The fourth-order valence-electron chi connectivity index (χ4n) is 1.68. The van der Waals surface area contributed by atoms with E-state index in [0.29, 0.717) is 18.4 Å². The smallest absolute Gasteiger partial charge is 0.243 e. The van der Waals surface area contributed by atoms with Crippen LogP contribution < -0.4 is 10.1 Å². The molecule has 1 rings (SSSR count). The SMILES string of the molecule is C=CCN(C)S(=O)(=O)c1ccc(OCCNC(C)C)cc1. The van der Waals surface area contributed by atoms with Gasteiger partial charge in [-0.1, -0.05) is 19.9 Å². The van der Waals surface area contributed by atoms with Gasteiger partial charge in [-0.15, -0.1) is 6.58 Å². The third-order valence-corrected chi connectivity index (χ3v) is 4.68. The second-order valence-corrected chi connectivity index (χ2v) is 7.05. The summed E-state index contributed by atoms with van der Waals surface area (Å²) < 4.78 is 31.2. The Bertz CT molecular complexity index is 539. The summed E-state index contributed by atoms with van der Waals surface area (Å²) in [7, 11) is -1.93. The lowest BCUT2D eigenvalue weighted by Crippen LogP contribution is -2.27. The Morgan fingerprint density at radius 1 is 1.33 bits per heavy atom. The Balaban J connectivity index is 2.63. The van der Waals surface area contributed by atoms with E-state index in [9.17, 15) is 8.42 Å². The number of benzene rings is 1. The van der Waals surface area contributed by atoms with Gasteiger partial charge < -0.3 is 10.1 Å². The summed E-state index contributed by atoms with van der Waals surface area (Å²) in [6.45, 7) is 9.25. The first-order valence-corrected chi connectivity index (χ1v) is 8.35. The number of hydrogen-bond acceptors (Lipinski definition) is 4. The van der Waals surface area contributed by atoms with Crippen molar-refractivity contribution in [2.75, 3.05) is 26.7 Å². The maximum atomic E-state index is 12.2. The van der Waals surface area contributed by atoms with E-state index in [0.717, 1.165) is 6.54 Å². The average molecular weight is 312 g/mol. The Morgan fingerprint density at radius 2 is 1.95 bits per heavy atom. The fraction of sp³-hybridized carbons (Fsp3) is 0.467. The number of likely N-dealkylation sites (N-methyl/N-ethyl adjacent to an activating group) is 1. The Kier molecular flexibility index (Phi) is 6.87. The van der Waals surface area contributed by atoms with Crippen molar-refractivity contribution in [1.82, 2.24) is 9.62 Å². The second kappa shape index (κ2) is 8.17. The molecule has 0 spiro atoms. The molecule has 0 aliphatic heterocycles. The van der Waals surface area contributed by atoms with Crippen molar-refractivity contribution in [3.63, 3.8) is 0 Å². The van der Waals surface area contributed by atoms with Crippen molar-refractivity contribution in [3.8, 4) is 5.75 Å². The van der Waals surface area contributed by atoms with Crippen molar-refractivity contribution in [3.05, 3.63) is 36.9 Å². The number of rotatable bonds is 9. The normalized spacial score (nSPS) is 11.9. The average Bonchev–Trinajstić information content (AvgIpc) is 2.44. The molecule has 6 heteroatoms. The molecule has 0 amide bonds. The molecule has 21 heavy (non-hydrogen) atoms. The monoisotopic (exact) mass is 312 g/mol. The van der Waals surface area contributed by atoms with E-state index >= 15 is 0 Å². The van der Waals surface area contributed by atoms with Crippen LogP contribution >= 0.6 is 0 Å². The maximum Gasteiger partial charge on any atom is 0.243 e. The minimum atomic E-state index is -3.46. The summed E-state index contributed by atoms with van der Waals surface area (Å²) in [5, 5.41) is 3.24. The topological polar surface area (TPSA) is 58.6 Å². The highest BCUT2D eigenvalue weighted by Crippen LogP contribution is 2.18. The van der Waals surface area contributed by atoms with E-state index in [1.165, 1.54) is 11.4 Å². The van der Waals surface area contributed by atoms with Crippen molar-refractivity contribution in [2.45, 2.75) is 24.8 Å². The van der Waals surface area contributed by atoms with Crippen molar-refractivity contribution >= 4 is 10.0 Å². The largest absolute Gasteiger partial charge is 0.492 e. The van der Waals surface area contributed by atoms with Crippen LogP contribution in [0.3, 0.4) is 0 Å². The van der Waals surface area contributed by atoms with Gasteiger partial charge in [0.2, 0.25) is 10.0 Å². The molecular formula is C15H24N2O3S. The molecule has 0 aliphatic carbocycles. The number of ether oxygens (including phenoxy) is 1. The van der Waals surface area contributed by atoms with Crippen molar-refractivity contribution in [1.29, 1.82) is 0 Å². The molecule has 0 aromatic heterocycles. The molecule has 0 fully saturated rings. The maximum absolute atomic E-state index is 12.2. The third kappa shape index (κ3) is 5.49. The van der Waals surface area contributed by atoms with Crippen LogP contribution in [0.1, 0.15) is 13.8 Å². The van der Waals surface area contributed by atoms with Crippen LogP contribution in [-0.4, -0.2) is 45.5 Å². The lowest BCUT2D eigenvalue weighted by molar-refractivity contribution is 0.308. The van der Waals surface area contributed by atoms with Gasteiger partial charge in [0.05, 0.1) is 4.90 Å². The molecule has 0 unspecified atom stereocenters. The van der Waals surface area contributed by atoms with E-state index in [1.807, 2.05) is 0 Å². The summed E-state index contributed by atoms with van der Waals surface area (Å²) in [6.07, 6.45) is 1.55. The van der Waals surface area contributed by atoms with Crippen LogP contribution in [0.15, 0.2) is 41.8 Å². The number of nitrogens with one attached hydrogen (secondary N) is 1. The quantitative estimate of drug-likeness (QED) is 0.559. The van der Waals surface area contributed by atoms with Gasteiger partial charge in [0, 0.05) is 26.2 Å². The first kappa shape index (κ1) is 17.7. The van der Waals surface area contributed by atoms with Crippen LogP contribution in [0.25, 0.3) is 0 Å². The van der Waals surface area contributed by atoms with E-state index in [-0.39, 0.29) is 11.4 Å². The predicted molar refractivity (Wildman–Crippen MR) is 85.1 cm³/mol. The molecule has 0 aliphatic rings. The number of nitrogens with zero attached hydrogens (tertiary/aromatic N) is 1. The van der Waals surface area contributed by atoms with E-state index in [4.69, 9.17) is 4.74 Å². The van der Waals surface area contributed by atoms with E-state index < -0.39 is 10.0 Å². The molecule has 0 radical (unpaired) electrons. The molecule has 0 heterocycles. The summed E-state index contributed by atoms with van der Waals surface area (Å²) in [5.41, 5.74) is 0. The fourth-order valence-corrected chi connectivity index (χ4v) is 2.83. The number of hydrogen-bond donors (Lipinski definition) is 1. The highest BCUT2D eigenvalue weighted by Gasteiger charge is 2.19. The summed E-state index contributed by atoms with van der Waals surface area (Å²) >= 11 is 0. The molecule has 0 saturated carbocycles. The molecule has 0 bridgehead atoms. The molecule has 1 N–H and O–H groups in total. The van der Waals surface area contributed by atoms with Crippen LogP contribution in [0.5, 0.6) is 5.75 Å². The Hall–Kier alpha value is -1.37. The van der Waals surface area contributed by atoms with Gasteiger partial charge in [-0.3, -0.25) is 0 Å². The van der Waals surface area contributed by atoms with Gasteiger partial charge in [-0.2, -0.15) is 4.31 Å². The first-order chi connectivity index (χ1) is 9.87. The molecule has 5 nitrogen and oxygen atoms in total. The molecule has 1 aromatic carbocycles. The first-order valence-electron chi connectivity index (χ1n) is 6.91. The van der Waals surface area contributed by atoms with Crippen molar-refractivity contribution < 1.29 is 13.2 Å². The van der Waals surface area contributed by atoms with E-state index in [2.05, 4.69) is 25.7 Å². The Labute approximate surface area is 127 Å². The van der Waals surface area contributed by atoms with Crippen LogP contribution in [0, 0.1) is 0 Å². The summed E-state index contributed by atoms with van der Waals surface area (Å²) in [5.74, 6) is 0.658. The lowest BCUT2D eigenvalue weighted by Gasteiger charge is -2.15. The molecular weight excluding hydrogens is 288 g/mol. The zero-order valence-corrected chi connectivity index (χ0v) is 13.7. The summed E-state index contributed by atoms with van der Waals surface area (Å²) in [4.78, 5) is 0.250. The standard InChI is InChI=1S/C15H24N2O3S/c1-5-11-17(4)21(18,19)15-8-6-14(7-9-15)20-12-10-16-13(2)3/h5-9,13,16H,1,10-12H2,2-4H3. The zero-order valence-electron chi connectivity index (χ0n) is 12.9. The Morgan fingerprint density at radius 3 is 2.48 bits per heavy atom. The van der Waals surface area contributed by atoms with Crippen LogP contribution in [-0.2, 0) is 10.0 Å². The molecule has 0 saturated heterocycles. The van der Waals surface area contributed by atoms with Gasteiger partial charge >= 0.3 is 0 Å². The van der Waals surface area contributed by atoms with Gasteiger partial charge in [0.25, 0.3) is 0 Å². The van der Waals surface area contributed by atoms with Crippen molar-refractivity contribution in [2.24, 2.45) is 0 Å².